The van der Waals surface area contributed by atoms with Gasteiger partial charge in [0.15, 0.2) is 4.90 Å². The summed E-state index contributed by atoms with van der Waals surface area (Å²) < 4.78 is 45.2. The third kappa shape index (κ3) is 3.74. The number of nitrogens with zero attached hydrogens (tertiary/aromatic N) is 1. The Morgan fingerprint density at radius 3 is 2.86 bits per heavy atom. The van der Waals surface area contributed by atoms with Crippen molar-refractivity contribution in [1.29, 1.82) is 0 Å². The van der Waals surface area contributed by atoms with Crippen LogP contribution in [-0.4, -0.2) is 32.6 Å². The fourth-order valence-electron chi connectivity index (χ4n) is 2.19. The first-order valence-corrected chi connectivity index (χ1v) is 7.94. The molecule has 1 fully saturated rings. The minimum atomic E-state index is -4.14. The largest absolute Gasteiger partial charge is 0.378 e. The van der Waals surface area contributed by atoms with Crippen molar-refractivity contribution < 1.29 is 22.5 Å². The number of hydrogen-bond donors (Lipinski definition) is 1. The second-order valence-corrected chi connectivity index (χ2v) is 6.40. The number of ether oxygens (including phenoxy) is 1. The molecule has 0 spiro atoms. The lowest BCUT2D eigenvalue weighted by Crippen LogP contribution is -2.28. The van der Waals surface area contributed by atoms with E-state index in [1.165, 1.54) is 0 Å². The normalized spacial score (nSPS) is 18.8. The Bertz CT molecular complexity index is 629. The summed E-state index contributed by atoms with van der Waals surface area (Å²) in [5.41, 5.74) is -1.04. The fraction of sp³-hybridized carbons (Fsp3) is 0.500. The fourth-order valence-corrected chi connectivity index (χ4v) is 3.42. The van der Waals surface area contributed by atoms with Crippen LogP contribution in [0.4, 0.5) is 10.1 Å². The molecule has 9 heteroatoms. The first-order chi connectivity index (χ1) is 9.92. The van der Waals surface area contributed by atoms with Crippen LogP contribution in [0.1, 0.15) is 19.3 Å². The monoisotopic (exact) mass is 318 g/mol. The van der Waals surface area contributed by atoms with E-state index < -0.39 is 31.3 Å². The number of halogens is 1. The summed E-state index contributed by atoms with van der Waals surface area (Å²) in [6, 6.07) is 2.98. The zero-order valence-corrected chi connectivity index (χ0v) is 11.9. The molecule has 0 amide bonds. The van der Waals surface area contributed by atoms with Crippen LogP contribution in [0.2, 0.25) is 0 Å². The lowest BCUT2D eigenvalue weighted by atomic mass is 10.2. The predicted molar refractivity (Wildman–Crippen MR) is 71.8 cm³/mol. The number of benzene rings is 1. The number of rotatable bonds is 6. The second-order valence-electron chi connectivity index (χ2n) is 4.67. The molecule has 1 heterocycles. The molecule has 1 aliphatic heterocycles. The van der Waals surface area contributed by atoms with E-state index in [1.54, 1.807) is 0 Å². The van der Waals surface area contributed by atoms with Crippen molar-refractivity contribution in [2.45, 2.75) is 30.3 Å². The smallest absolute Gasteiger partial charge is 0.324 e. The highest BCUT2D eigenvalue weighted by Gasteiger charge is 2.29. The first kappa shape index (κ1) is 15.8. The molecular weight excluding hydrogens is 303 g/mol. The van der Waals surface area contributed by atoms with Crippen molar-refractivity contribution in [1.82, 2.24) is 4.72 Å². The molecule has 0 aliphatic carbocycles. The Labute approximate surface area is 121 Å². The number of sulfonamides is 1. The standard InChI is InChI=1S/C12H15FN2O5S/c13-10-4-1-5-11(12(10)15(16)17)21(18,19)14-7-6-9-3-2-8-20-9/h1,4-5,9,14H,2-3,6-8H2. The Morgan fingerprint density at radius 1 is 1.48 bits per heavy atom. The van der Waals surface area contributed by atoms with Crippen molar-refractivity contribution in [3.05, 3.63) is 34.1 Å². The number of nitro groups is 1. The Morgan fingerprint density at radius 2 is 2.24 bits per heavy atom. The molecule has 2 rings (SSSR count). The molecule has 7 nitrogen and oxygen atoms in total. The predicted octanol–water partition coefficient (Wildman–Crippen LogP) is 1.58. The summed E-state index contributed by atoms with van der Waals surface area (Å²) >= 11 is 0. The summed E-state index contributed by atoms with van der Waals surface area (Å²) in [6.45, 7) is 0.744. The van der Waals surface area contributed by atoms with Gasteiger partial charge in [-0.05, 0) is 31.4 Å². The van der Waals surface area contributed by atoms with Crippen LogP contribution in [0.5, 0.6) is 0 Å². The zero-order chi connectivity index (χ0) is 15.5. The summed E-state index contributed by atoms with van der Waals surface area (Å²) in [6.07, 6.45) is 2.27. The van der Waals surface area contributed by atoms with Gasteiger partial charge in [0.2, 0.25) is 15.8 Å². The average Bonchev–Trinajstić information content (AvgIpc) is 2.91. The first-order valence-electron chi connectivity index (χ1n) is 6.46. The molecule has 116 valence electrons. The molecule has 1 aromatic rings. The number of nitro benzene ring substituents is 1. The van der Waals surface area contributed by atoms with Gasteiger partial charge in [-0.3, -0.25) is 10.1 Å². The van der Waals surface area contributed by atoms with E-state index in [-0.39, 0.29) is 12.6 Å². The molecule has 1 unspecified atom stereocenters. The molecule has 1 saturated heterocycles. The van der Waals surface area contributed by atoms with Crippen molar-refractivity contribution in [3.8, 4) is 0 Å². The van der Waals surface area contributed by atoms with Crippen LogP contribution in [-0.2, 0) is 14.8 Å². The van der Waals surface area contributed by atoms with E-state index in [0.29, 0.717) is 13.0 Å². The maximum atomic E-state index is 13.4. The van der Waals surface area contributed by atoms with Gasteiger partial charge in [-0.1, -0.05) is 6.07 Å². The number of hydrogen-bond acceptors (Lipinski definition) is 5. The van der Waals surface area contributed by atoms with Gasteiger partial charge in [-0.25, -0.2) is 13.1 Å². The molecule has 0 saturated carbocycles. The van der Waals surface area contributed by atoms with Crippen LogP contribution < -0.4 is 4.72 Å². The Kier molecular flexibility index (Phi) is 4.86. The summed E-state index contributed by atoms with van der Waals surface area (Å²) in [5, 5.41) is 10.8. The maximum Gasteiger partial charge on any atom is 0.324 e. The maximum absolute atomic E-state index is 13.4. The van der Waals surface area contributed by atoms with Gasteiger partial charge in [0.1, 0.15) is 0 Å². The van der Waals surface area contributed by atoms with E-state index in [9.17, 15) is 22.9 Å². The zero-order valence-electron chi connectivity index (χ0n) is 11.1. The highest BCUT2D eigenvalue weighted by atomic mass is 32.2. The van der Waals surface area contributed by atoms with Gasteiger partial charge in [0.25, 0.3) is 0 Å². The van der Waals surface area contributed by atoms with Crippen LogP contribution in [0.25, 0.3) is 0 Å². The van der Waals surface area contributed by atoms with Crippen LogP contribution in [0.15, 0.2) is 23.1 Å². The van der Waals surface area contributed by atoms with Crippen molar-refractivity contribution in [2.24, 2.45) is 0 Å². The van der Waals surface area contributed by atoms with E-state index in [2.05, 4.69) is 4.72 Å². The molecule has 1 aromatic carbocycles. The van der Waals surface area contributed by atoms with Crippen LogP contribution >= 0.6 is 0 Å². The van der Waals surface area contributed by atoms with E-state index in [4.69, 9.17) is 4.74 Å². The minimum absolute atomic E-state index is 0.00445. The van der Waals surface area contributed by atoms with Gasteiger partial charge in [-0.15, -0.1) is 0 Å². The average molecular weight is 318 g/mol. The van der Waals surface area contributed by atoms with Crippen molar-refractivity contribution in [3.63, 3.8) is 0 Å². The molecule has 0 radical (unpaired) electrons. The van der Waals surface area contributed by atoms with Gasteiger partial charge in [-0.2, -0.15) is 4.39 Å². The molecule has 0 bridgehead atoms. The third-order valence-electron chi connectivity index (χ3n) is 3.20. The number of nitrogens with one attached hydrogen (secondary N) is 1. The molecule has 1 N–H and O–H groups in total. The topological polar surface area (TPSA) is 98.5 Å². The van der Waals surface area contributed by atoms with Crippen molar-refractivity contribution in [2.75, 3.05) is 13.2 Å². The third-order valence-corrected chi connectivity index (χ3v) is 4.70. The summed E-state index contributed by atoms with van der Waals surface area (Å²) in [4.78, 5) is 9.12. The van der Waals surface area contributed by atoms with E-state index in [0.717, 1.165) is 31.0 Å². The molecule has 0 aromatic heterocycles. The van der Waals surface area contributed by atoms with Crippen LogP contribution in [0, 0.1) is 15.9 Å². The summed E-state index contributed by atoms with van der Waals surface area (Å²) in [5.74, 6) is -1.18. The van der Waals surface area contributed by atoms with Gasteiger partial charge >= 0.3 is 5.69 Å². The molecule has 1 aliphatic rings. The lowest BCUT2D eigenvalue weighted by Gasteiger charge is -2.11. The van der Waals surface area contributed by atoms with Gasteiger partial charge in [0.05, 0.1) is 11.0 Å². The lowest BCUT2D eigenvalue weighted by molar-refractivity contribution is -0.390. The summed E-state index contributed by atoms with van der Waals surface area (Å²) in [7, 11) is -4.14. The SMILES string of the molecule is O=[N+]([O-])c1c(F)cccc1S(=O)(=O)NCCC1CCCO1. The highest BCUT2D eigenvalue weighted by molar-refractivity contribution is 7.89. The minimum Gasteiger partial charge on any atom is -0.378 e. The van der Waals surface area contributed by atoms with E-state index in [1.807, 2.05) is 0 Å². The second kappa shape index (κ2) is 6.46. The van der Waals surface area contributed by atoms with Crippen molar-refractivity contribution >= 4 is 15.7 Å². The molecular formula is C12H15FN2O5S. The Balaban J connectivity index is 2.12. The highest BCUT2D eigenvalue weighted by Crippen LogP contribution is 2.26. The molecule has 21 heavy (non-hydrogen) atoms. The quantitative estimate of drug-likeness (QED) is 0.634. The Hall–Kier alpha value is -1.58. The number of para-hydroxylation sites is 1. The van der Waals surface area contributed by atoms with Gasteiger partial charge < -0.3 is 4.74 Å². The molecule has 1 atom stereocenters. The van der Waals surface area contributed by atoms with Gasteiger partial charge in [0, 0.05) is 13.2 Å². The van der Waals surface area contributed by atoms with Crippen LogP contribution in [0.3, 0.4) is 0 Å². The van der Waals surface area contributed by atoms with E-state index >= 15 is 0 Å².